The number of carbonyl (C=O) groups is 2. The van der Waals surface area contributed by atoms with Crippen molar-refractivity contribution in [3.05, 3.63) is 18.2 Å². The monoisotopic (exact) mass is 323 g/mol. The Balaban J connectivity index is 2.18. The zero-order valence-corrected chi connectivity index (χ0v) is 14.4. The summed E-state index contributed by atoms with van der Waals surface area (Å²) in [4.78, 5) is 30.4. The lowest BCUT2D eigenvalue weighted by Crippen LogP contribution is -2.36. The van der Waals surface area contributed by atoms with Gasteiger partial charge in [-0.05, 0) is 27.7 Å². The van der Waals surface area contributed by atoms with Crippen molar-refractivity contribution in [2.24, 2.45) is 13.0 Å². The molecule has 0 saturated carbocycles. The Morgan fingerprint density at radius 2 is 2.04 bits per heavy atom. The first-order chi connectivity index (χ1) is 10.7. The minimum Gasteiger partial charge on any atom is -0.466 e. The number of amides is 1. The molecular weight excluding hydrogens is 298 g/mol. The number of imidazole rings is 1. The van der Waals surface area contributed by atoms with Crippen molar-refractivity contribution >= 4 is 12.1 Å². The van der Waals surface area contributed by atoms with Crippen molar-refractivity contribution in [3.63, 3.8) is 0 Å². The summed E-state index contributed by atoms with van der Waals surface area (Å²) >= 11 is 0. The molecule has 0 aromatic carbocycles. The minimum absolute atomic E-state index is 0.178. The van der Waals surface area contributed by atoms with E-state index in [1.165, 1.54) is 0 Å². The van der Waals surface area contributed by atoms with E-state index in [4.69, 9.17) is 9.47 Å². The Bertz CT molecular complexity index is 576. The summed E-state index contributed by atoms with van der Waals surface area (Å²) in [6.45, 7) is 8.23. The molecule has 7 nitrogen and oxygen atoms in total. The number of aromatic nitrogens is 2. The summed E-state index contributed by atoms with van der Waals surface area (Å²) in [6, 6.07) is 0. The predicted molar refractivity (Wildman–Crippen MR) is 83.9 cm³/mol. The fraction of sp³-hybridized carbons (Fsp3) is 0.688. The summed E-state index contributed by atoms with van der Waals surface area (Å²) < 4.78 is 12.4. The van der Waals surface area contributed by atoms with Crippen LogP contribution < -0.4 is 0 Å². The number of nitrogens with zero attached hydrogens (tertiary/aromatic N) is 3. The lowest BCUT2D eigenvalue weighted by molar-refractivity contribution is -0.147. The van der Waals surface area contributed by atoms with E-state index in [2.05, 4.69) is 4.98 Å². The summed E-state index contributed by atoms with van der Waals surface area (Å²) in [5, 5.41) is 0. The second kappa shape index (κ2) is 6.60. The van der Waals surface area contributed by atoms with Crippen molar-refractivity contribution in [2.75, 3.05) is 19.7 Å². The molecule has 2 atom stereocenters. The maximum absolute atomic E-state index is 12.3. The van der Waals surface area contributed by atoms with Gasteiger partial charge in [0.2, 0.25) is 0 Å². The molecule has 0 spiro atoms. The lowest BCUT2D eigenvalue weighted by atomic mass is 9.93. The average molecular weight is 323 g/mol. The number of esters is 1. The molecule has 23 heavy (non-hydrogen) atoms. The minimum atomic E-state index is -0.570. The van der Waals surface area contributed by atoms with Crippen LogP contribution in [0.2, 0.25) is 0 Å². The van der Waals surface area contributed by atoms with Gasteiger partial charge in [-0.25, -0.2) is 9.78 Å². The number of carbonyl (C=O) groups excluding carboxylic acids is 2. The van der Waals surface area contributed by atoms with Crippen LogP contribution >= 0.6 is 0 Å². The van der Waals surface area contributed by atoms with Gasteiger partial charge in [-0.2, -0.15) is 0 Å². The lowest BCUT2D eigenvalue weighted by Gasteiger charge is -2.24. The first-order valence-corrected chi connectivity index (χ1v) is 7.83. The van der Waals surface area contributed by atoms with E-state index in [0.29, 0.717) is 13.2 Å². The second-order valence-electron chi connectivity index (χ2n) is 6.81. The van der Waals surface area contributed by atoms with Crippen LogP contribution in [0, 0.1) is 5.92 Å². The molecule has 2 rings (SSSR count). The van der Waals surface area contributed by atoms with E-state index < -0.39 is 17.6 Å². The molecule has 2 heterocycles. The second-order valence-corrected chi connectivity index (χ2v) is 6.81. The van der Waals surface area contributed by atoms with Gasteiger partial charge in [0, 0.05) is 32.3 Å². The molecule has 1 aromatic heterocycles. The number of hydrogen-bond donors (Lipinski definition) is 0. The SMILES string of the molecule is CCOC(=O)[C@@H]1CN(C(=O)OC(C)(C)C)C[C@H]1c1cn(C)cn1. The molecular formula is C16H25N3O4. The van der Waals surface area contributed by atoms with E-state index in [-0.39, 0.29) is 18.4 Å². The normalized spacial score (nSPS) is 21.3. The maximum atomic E-state index is 12.3. The Kier molecular flexibility index (Phi) is 4.97. The quantitative estimate of drug-likeness (QED) is 0.795. The predicted octanol–water partition coefficient (Wildman–Crippen LogP) is 1.93. The van der Waals surface area contributed by atoms with Crippen LogP contribution in [-0.2, 0) is 21.3 Å². The number of ether oxygens (including phenoxy) is 2. The Morgan fingerprint density at radius 3 is 2.57 bits per heavy atom. The van der Waals surface area contributed by atoms with E-state index in [1.54, 1.807) is 18.2 Å². The third kappa shape index (κ3) is 4.24. The van der Waals surface area contributed by atoms with Crippen LogP contribution in [0.3, 0.4) is 0 Å². The van der Waals surface area contributed by atoms with Gasteiger partial charge in [0.1, 0.15) is 5.60 Å². The van der Waals surface area contributed by atoms with E-state index in [9.17, 15) is 9.59 Å². The van der Waals surface area contributed by atoms with Gasteiger partial charge < -0.3 is 18.9 Å². The maximum Gasteiger partial charge on any atom is 0.410 e. The fourth-order valence-corrected chi connectivity index (χ4v) is 2.69. The van der Waals surface area contributed by atoms with Crippen molar-refractivity contribution < 1.29 is 19.1 Å². The summed E-state index contributed by atoms with van der Waals surface area (Å²) in [5.74, 6) is -0.894. The highest BCUT2D eigenvalue weighted by atomic mass is 16.6. The summed E-state index contributed by atoms with van der Waals surface area (Å²) in [7, 11) is 1.87. The molecule has 0 unspecified atom stereocenters. The zero-order valence-electron chi connectivity index (χ0n) is 14.4. The van der Waals surface area contributed by atoms with Gasteiger partial charge in [0.25, 0.3) is 0 Å². The van der Waals surface area contributed by atoms with E-state index in [1.807, 2.05) is 38.6 Å². The highest BCUT2D eigenvalue weighted by Crippen LogP contribution is 2.33. The molecule has 0 radical (unpaired) electrons. The van der Waals surface area contributed by atoms with Crippen LogP contribution in [0.25, 0.3) is 0 Å². The largest absolute Gasteiger partial charge is 0.466 e. The van der Waals surface area contributed by atoms with Gasteiger partial charge in [-0.15, -0.1) is 0 Å². The van der Waals surface area contributed by atoms with Gasteiger partial charge in [-0.3, -0.25) is 4.79 Å². The fourth-order valence-electron chi connectivity index (χ4n) is 2.69. The molecule has 1 aliphatic rings. The first-order valence-electron chi connectivity index (χ1n) is 7.83. The summed E-state index contributed by atoms with van der Waals surface area (Å²) in [6.07, 6.45) is 3.15. The average Bonchev–Trinajstić information content (AvgIpc) is 3.02. The third-order valence-corrected chi connectivity index (χ3v) is 3.67. The number of rotatable bonds is 3. The molecule has 1 fully saturated rings. The van der Waals surface area contributed by atoms with Crippen LogP contribution in [0.15, 0.2) is 12.5 Å². The van der Waals surface area contributed by atoms with Gasteiger partial charge in [0.05, 0.1) is 24.5 Å². The molecule has 0 bridgehead atoms. The van der Waals surface area contributed by atoms with Crippen LogP contribution in [0.5, 0.6) is 0 Å². The Morgan fingerprint density at radius 1 is 1.35 bits per heavy atom. The highest BCUT2D eigenvalue weighted by Gasteiger charge is 2.43. The highest BCUT2D eigenvalue weighted by molar-refractivity contribution is 5.77. The van der Waals surface area contributed by atoms with E-state index in [0.717, 1.165) is 5.69 Å². The van der Waals surface area contributed by atoms with Crippen LogP contribution in [0.4, 0.5) is 4.79 Å². The van der Waals surface area contributed by atoms with Crippen molar-refractivity contribution in [3.8, 4) is 0 Å². The van der Waals surface area contributed by atoms with Crippen LogP contribution in [-0.4, -0.2) is 51.8 Å². The number of likely N-dealkylation sites (tertiary alicyclic amines) is 1. The van der Waals surface area contributed by atoms with Crippen molar-refractivity contribution in [1.29, 1.82) is 0 Å². The molecule has 0 N–H and O–H groups in total. The van der Waals surface area contributed by atoms with Gasteiger partial charge in [0.15, 0.2) is 0 Å². The summed E-state index contributed by atoms with van der Waals surface area (Å²) in [5.41, 5.74) is 0.219. The number of aryl methyl sites for hydroxylation is 1. The molecule has 1 amide bonds. The first kappa shape index (κ1) is 17.3. The standard InChI is InChI=1S/C16H25N3O4/c1-6-22-14(20)12-8-19(15(21)23-16(2,3)4)7-11(12)13-9-18(5)10-17-13/h9-12H,6-8H2,1-5H3/t11-,12-/m1/s1. The Hall–Kier alpha value is -2.05. The van der Waals surface area contributed by atoms with Crippen molar-refractivity contribution in [2.45, 2.75) is 39.2 Å². The zero-order chi connectivity index (χ0) is 17.2. The topological polar surface area (TPSA) is 73.7 Å². The third-order valence-electron chi connectivity index (χ3n) is 3.67. The van der Waals surface area contributed by atoms with Gasteiger partial charge >= 0.3 is 12.1 Å². The van der Waals surface area contributed by atoms with Crippen molar-refractivity contribution in [1.82, 2.24) is 14.5 Å². The molecule has 128 valence electrons. The molecule has 0 aliphatic carbocycles. The molecule has 1 saturated heterocycles. The van der Waals surface area contributed by atoms with Gasteiger partial charge in [-0.1, -0.05) is 0 Å². The molecule has 1 aliphatic heterocycles. The molecule has 1 aromatic rings. The number of hydrogen-bond acceptors (Lipinski definition) is 5. The van der Waals surface area contributed by atoms with E-state index >= 15 is 0 Å². The Labute approximate surface area is 136 Å². The molecule has 7 heteroatoms. The van der Waals surface area contributed by atoms with Crippen LogP contribution in [0.1, 0.15) is 39.3 Å². The smallest absolute Gasteiger partial charge is 0.410 e.